The van der Waals surface area contributed by atoms with Gasteiger partial charge in [-0.3, -0.25) is 9.59 Å². The van der Waals surface area contributed by atoms with Crippen molar-refractivity contribution in [3.63, 3.8) is 0 Å². The number of benzene rings is 1. The van der Waals surface area contributed by atoms with Gasteiger partial charge < -0.3 is 15.7 Å². The lowest BCUT2D eigenvalue weighted by molar-refractivity contribution is -0.115. The van der Waals surface area contributed by atoms with Gasteiger partial charge in [0.1, 0.15) is 0 Å². The Labute approximate surface area is 124 Å². The minimum Gasteiger partial charge on any atom is -0.393 e. The number of rotatable bonds is 5. The zero-order chi connectivity index (χ0) is 15.2. The highest BCUT2D eigenvalue weighted by Gasteiger charge is 2.25. The van der Waals surface area contributed by atoms with Crippen molar-refractivity contribution in [1.82, 2.24) is 5.32 Å². The average Bonchev–Trinajstić information content (AvgIpc) is 2.90. The molecule has 2 amide bonds. The molecule has 3 N–H and O–H groups in total. The van der Waals surface area contributed by atoms with Crippen molar-refractivity contribution in [2.75, 3.05) is 11.9 Å². The van der Waals surface area contributed by atoms with Crippen molar-refractivity contribution >= 4 is 17.5 Å². The smallest absolute Gasteiger partial charge is 0.251 e. The van der Waals surface area contributed by atoms with Crippen molar-refractivity contribution in [2.45, 2.75) is 38.7 Å². The molecule has 0 spiro atoms. The second-order valence-electron chi connectivity index (χ2n) is 5.45. The van der Waals surface area contributed by atoms with Crippen LogP contribution in [0.15, 0.2) is 24.3 Å². The van der Waals surface area contributed by atoms with E-state index in [1.54, 1.807) is 31.2 Å². The molecule has 2 unspecified atom stereocenters. The lowest BCUT2D eigenvalue weighted by Gasteiger charge is -2.15. The minimum atomic E-state index is -0.305. The van der Waals surface area contributed by atoms with E-state index in [9.17, 15) is 14.7 Å². The fraction of sp³-hybridized carbons (Fsp3) is 0.500. The van der Waals surface area contributed by atoms with Crippen LogP contribution in [0.4, 0.5) is 5.69 Å². The summed E-state index contributed by atoms with van der Waals surface area (Å²) in [5, 5.41) is 15.3. The summed E-state index contributed by atoms with van der Waals surface area (Å²) in [7, 11) is 0. The lowest BCUT2D eigenvalue weighted by Crippen LogP contribution is -2.32. The molecule has 1 fully saturated rings. The highest BCUT2D eigenvalue weighted by atomic mass is 16.3. The summed E-state index contributed by atoms with van der Waals surface area (Å²) in [4.78, 5) is 23.5. The number of aliphatic hydroxyl groups excluding tert-OH is 1. The van der Waals surface area contributed by atoms with Crippen LogP contribution < -0.4 is 10.6 Å². The van der Waals surface area contributed by atoms with Gasteiger partial charge in [0, 0.05) is 30.1 Å². The van der Waals surface area contributed by atoms with Crippen LogP contribution in [-0.2, 0) is 4.79 Å². The number of carbonyl (C=O) groups is 2. The third kappa shape index (κ3) is 4.29. The number of hydrogen-bond acceptors (Lipinski definition) is 3. The highest BCUT2D eigenvalue weighted by molar-refractivity contribution is 5.97. The van der Waals surface area contributed by atoms with Gasteiger partial charge in [0.2, 0.25) is 5.91 Å². The Bertz CT molecular complexity index is 516. The molecular weight excluding hydrogens is 268 g/mol. The van der Waals surface area contributed by atoms with Crippen LogP contribution in [0.3, 0.4) is 0 Å². The van der Waals surface area contributed by atoms with Gasteiger partial charge in [0.15, 0.2) is 0 Å². The van der Waals surface area contributed by atoms with Crippen molar-refractivity contribution in [3.8, 4) is 0 Å². The van der Waals surface area contributed by atoms with E-state index in [-0.39, 0.29) is 23.8 Å². The molecule has 0 aromatic heterocycles. The quantitative estimate of drug-likeness (QED) is 0.775. The van der Waals surface area contributed by atoms with Crippen LogP contribution in [0.5, 0.6) is 0 Å². The van der Waals surface area contributed by atoms with Crippen molar-refractivity contribution in [2.24, 2.45) is 5.92 Å². The number of aliphatic hydroxyl groups is 1. The molecule has 0 bridgehead atoms. The van der Waals surface area contributed by atoms with E-state index in [1.807, 2.05) is 0 Å². The third-order valence-corrected chi connectivity index (χ3v) is 3.87. The Hall–Kier alpha value is -1.88. The number of anilines is 1. The first-order valence-electron chi connectivity index (χ1n) is 7.46. The number of carbonyl (C=O) groups excluding carboxylic acids is 2. The van der Waals surface area contributed by atoms with Crippen LogP contribution in [0.1, 0.15) is 43.0 Å². The van der Waals surface area contributed by atoms with E-state index in [1.165, 1.54) is 0 Å². The monoisotopic (exact) mass is 290 g/mol. The molecule has 5 nitrogen and oxygen atoms in total. The van der Waals surface area contributed by atoms with Crippen LogP contribution in [0.25, 0.3) is 0 Å². The third-order valence-electron chi connectivity index (χ3n) is 3.87. The van der Waals surface area contributed by atoms with Gasteiger partial charge in [-0.25, -0.2) is 0 Å². The van der Waals surface area contributed by atoms with E-state index in [2.05, 4.69) is 10.6 Å². The summed E-state index contributed by atoms with van der Waals surface area (Å²) in [5.74, 6) is -0.111. The van der Waals surface area contributed by atoms with Crippen molar-refractivity contribution in [3.05, 3.63) is 29.8 Å². The molecule has 0 heterocycles. The molecule has 0 aliphatic heterocycles. The first-order valence-corrected chi connectivity index (χ1v) is 7.46. The Morgan fingerprint density at radius 1 is 1.33 bits per heavy atom. The van der Waals surface area contributed by atoms with Gasteiger partial charge in [-0.2, -0.15) is 0 Å². The SMILES string of the molecule is CCC(=O)Nc1cccc(C(=O)NCC2CCCC2O)c1. The zero-order valence-electron chi connectivity index (χ0n) is 12.3. The normalized spacial score (nSPS) is 21.0. The van der Waals surface area contributed by atoms with Gasteiger partial charge in [0.05, 0.1) is 6.10 Å². The largest absolute Gasteiger partial charge is 0.393 e. The number of nitrogens with one attached hydrogen (secondary N) is 2. The Balaban J connectivity index is 1.92. The molecule has 1 saturated carbocycles. The maximum atomic E-state index is 12.1. The topological polar surface area (TPSA) is 78.4 Å². The molecule has 2 atom stereocenters. The van der Waals surface area contributed by atoms with Crippen LogP contribution >= 0.6 is 0 Å². The summed E-state index contributed by atoms with van der Waals surface area (Å²) >= 11 is 0. The molecule has 0 radical (unpaired) electrons. The van der Waals surface area contributed by atoms with Gasteiger partial charge >= 0.3 is 0 Å². The van der Waals surface area contributed by atoms with Crippen LogP contribution in [0, 0.1) is 5.92 Å². The van der Waals surface area contributed by atoms with E-state index in [4.69, 9.17) is 0 Å². The standard InChI is InChI=1S/C16H22N2O3/c1-2-15(20)18-13-7-3-5-11(9-13)16(21)17-10-12-6-4-8-14(12)19/h3,5,7,9,12,14,19H,2,4,6,8,10H2,1H3,(H,17,21)(H,18,20). The predicted octanol–water partition coefficient (Wildman–Crippen LogP) is 1.93. The lowest BCUT2D eigenvalue weighted by atomic mass is 10.1. The molecule has 5 heteroatoms. The summed E-state index contributed by atoms with van der Waals surface area (Å²) in [6.07, 6.45) is 2.88. The molecular formula is C16H22N2O3. The first-order chi connectivity index (χ1) is 10.1. The summed E-state index contributed by atoms with van der Waals surface area (Å²) in [6, 6.07) is 6.87. The average molecular weight is 290 g/mol. The van der Waals surface area contributed by atoms with Crippen LogP contribution in [0.2, 0.25) is 0 Å². The van der Waals surface area contributed by atoms with E-state index >= 15 is 0 Å². The molecule has 114 valence electrons. The fourth-order valence-corrected chi connectivity index (χ4v) is 2.57. The summed E-state index contributed by atoms with van der Waals surface area (Å²) < 4.78 is 0. The Kier molecular flexibility index (Phi) is 5.33. The molecule has 1 aliphatic carbocycles. The van der Waals surface area contributed by atoms with E-state index in [0.29, 0.717) is 24.2 Å². The number of amides is 2. The second-order valence-corrected chi connectivity index (χ2v) is 5.45. The summed E-state index contributed by atoms with van der Waals surface area (Å²) in [6.45, 7) is 2.27. The van der Waals surface area contributed by atoms with E-state index < -0.39 is 0 Å². The molecule has 1 aromatic carbocycles. The van der Waals surface area contributed by atoms with Gasteiger partial charge in [-0.05, 0) is 31.0 Å². The van der Waals surface area contributed by atoms with Crippen LogP contribution in [-0.4, -0.2) is 29.6 Å². The second kappa shape index (κ2) is 7.22. The minimum absolute atomic E-state index is 0.0818. The van der Waals surface area contributed by atoms with Gasteiger partial charge in [-0.15, -0.1) is 0 Å². The molecule has 1 aliphatic rings. The number of hydrogen-bond donors (Lipinski definition) is 3. The van der Waals surface area contributed by atoms with Gasteiger partial charge in [-0.1, -0.05) is 19.4 Å². The molecule has 2 rings (SSSR count). The summed E-state index contributed by atoms with van der Waals surface area (Å²) in [5.41, 5.74) is 1.13. The first kappa shape index (κ1) is 15.5. The fourth-order valence-electron chi connectivity index (χ4n) is 2.57. The van der Waals surface area contributed by atoms with E-state index in [0.717, 1.165) is 19.3 Å². The highest BCUT2D eigenvalue weighted by Crippen LogP contribution is 2.24. The maximum Gasteiger partial charge on any atom is 0.251 e. The Morgan fingerprint density at radius 2 is 2.14 bits per heavy atom. The molecule has 0 saturated heterocycles. The van der Waals surface area contributed by atoms with Crippen molar-refractivity contribution < 1.29 is 14.7 Å². The Morgan fingerprint density at radius 3 is 2.81 bits per heavy atom. The molecule has 1 aromatic rings. The zero-order valence-corrected chi connectivity index (χ0v) is 12.3. The van der Waals surface area contributed by atoms with Gasteiger partial charge in [0.25, 0.3) is 5.91 Å². The van der Waals surface area contributed by atoms with Crippen molar-refractivity contribution in [1.29, 1.82) is 0 Å². The molecule has 21 heavy (non-hydrogen) atoms. The maximum absolute atomic E-state index is 12.1. The predicted molar refractivity (Wildman–Crippen MR) is 81.0 cm³/mol.